The monoisotopic (exact) mass is 218 g/mol. The summed E-state index contributed by atoms with van der Waals surface area (Å²) in [6, 6.07) is 0. The molecule has 0 saturated heterocycles. The molecular formula is C12H26O3. The number of aliphatic hydroxyl groups excluding tert-OH is 1. The van der Waals surface area contributed by atoms with Gasteiger partial charge < -0.3 is 14.6 Å². The summed E-state index contributed by atoms with van der Waals surface area (Å²) in [4.78, 5) is 0. The minimum absolute atomic E-state index is 0.178. The van der Waals surface area contributed by atoms with E-state index in [1.165, 1.54) is 6.42 Å². The van der Waals surface area contributed by atoms with Crippen LogP contribution in [0.2, 0.25) is 0 Å². The van der Waals surface area contributed by atoms with Crippen molar-refractivity contribution in [1.29, 1.82) is 0 Å². The first kappa shape index (κ1) is 14.9. The summed E-state index contributed by atoms with van der Waals surface area (Å²) in [5.41, 5.74) is 0. The first-order chi connectivity index (χ1) is 7.27. The molecule has 0 bridgehead atoms. The van der Waals surface area contributed by atoms with Crippen molar-refractivity contribution in [3.05, 3.63) is 0 Å². The summed E-state index contributed by atoms with van der Waals surface area (Å²) in [5.74, 6) is 0. The Morgan fingerprint density at radius 1 is 0.933 bits per heavy atom. The maximum Gasteiger partial charge on any atom is 0.0700 e. The van der Waals surface area contributed by atoms with E-state index in [1.54, 1.807) is 0 Å². The Hall–Kier alpha value is -0.120. The third-order valence-electron chi connectivity index (χ3n) is 2.17. The molecule has 3 nitrogen and oxygen atoms in total. The highest BCUT2D eigenvalue weighted by Crippen LogP contribution is 1.99. The molecule has 0 aliphatic heterocycles. The predicted octanol–water partition coefficient (Wildman–Crippen LogP) is 2.37. The molecule has 0 fully saturated rings. The number of ether oxygens (including phenoxy) is 2. The highest BCUT2D eigenvalue weighted by Gasteiger charge is 1.95. The fraction of sp³-hybridized carbons (Fsp3) is 1.00. The number of unbranched alkanes of at least 4 members (excludes halogenated alkanes) is 2. The molecule has 0 aliphatic carbocycles. The van der Waals surface area contributed by atoms with Crippen LogP contribution in [0.15, 0.2) is 0 Å². The average molecular weight is 218 g/mol. The van der Waals surface area contributed by atoms with Gasteiger partial charge in [-0.05, 0) is 32.6 Å². The smallest absolute Gasteiger partial charge is 0.0700 e. The first-order valence-corrected chi connectivity index (χ1v) is 6.11. The molecule has 0 heterocycles. The molecule has 92 valence electrons. The summed E-state index contributed by atoms with van der Waals surface area (Å²) in [6.07, 6.45) is 5.07. The third kappa shape index (κ3) is 13.9. The molecule has 0 aliphatic rings. The van der Waals surface area contributed by atoms with Crippen molar-refractivity contribution in [2.24, 2.45) is 0 Å². The van der Waals surface area contributed by atoms with E-state index in [0.29, 0.717) is 13.2 Å². The molecule has 0 spiro atoms. The van der Waals surface area contributed by atoms with Crippen LogP contribution in [0.1, 0.15) is 46.0 Å². The molecule has 0 saturated carbocycles. The third-order valence-corrected chi connectivity index (χ3v) is 2.17. The molecule has 0 amide bonds. The minimum atomic E-state index is -0.178. The lowest BCUT2D eigenvalue weighted by Crippen LogP contribution is -2.06. The van der Waals surface area contributed by atoms with Gasteiger partial charge in [0.25, 0.3) is 0 Å². The highest BCUT2D eigenvalue weighted by molar-refractivity contribution is 4.47. The second-order valence-electron chi connectivity index (χ2n) is 3.92. The van der Waals surface area contributed by atoms with Gasteiger partial charge in [0.15, 0.2) is 0 Å². The van der Waals surface area contributed by atoms with Gasteiger partial charge in [-0.3, -0.25) is 0 Å². The zero-order valence-electron chi connectivity index (χ0n) is 10.2. The molecule has 3 heteroatoms. The fourth-order valence-electron chi connectivity index (χ4n) is 1.21. The lowest BCUT2D eigenvalue weighted by molar-refractivity contribution is 0.0444. The van der Waals surface area contributed by atoms with Crippen LogP contribution in [-0.2, 0) is 9.47 Å². The topological polar surface area (TPSA) is 38.7 Å². The number of rotatable bonds is 11. The first-order valence-electron chi connectivity index (χ1n) is 6.11. The van der Waals surface area contributed by atoms with Crippen LogP contribution in [-0.4, -0.2) is 37.6 Å². The van der Waals surface area contributed by atoms with Crippen molar-refractivity contribution in [1.82, 2.24) is 0 Å². The van der Waals surface area contributed by atoms with Gasteiger partial charge in [-0.15, -0.1) is 0 Å². The van der Waals surface area contributed by atoms with Crippen molar-refractivity contribution < 1.29 is 14.6 Å². The van der Waals surface area contributed by atoms with E-state index in [1.807, 2.05) is 6.92 Å². The van der Waals surface area contributed by atoms with E-state index in [-0.39, 0.29) is 6.10 Å². The predicted molar refractivity (Wildman–Crippen MR) is 62.1 cm³/mol. The maximum absolute atomic E-state index is 9.01. The lowest BCUT2D eigenvalue weighted by Gasteiger charge is -2.06. The van der Waals surface area contributed by atoms with Crippen molar-refractivity contribution >= 4 is 0 Å². The molecular weight excluding hydrogens is 192 g/mol. The van der Waals surface area contributed by atoms with Gasteiger partial charge in [-0.2, -0.15) is 0 Å². The second kappa shape index (κ2) is 12.0. The quantitative estimate of drug-likeness (QED) is 0.541. The summed E-state index contributed by atoms with van der Waals surface area (Å²) < 4.78 is 10.7. The van der Waals surface area contributed by atoms with Gasteiger partial charge in [0.1, 0.15) is 0 Å². The van der Waals surface area contributed by atoms with Crippen LogP contribution in [0, 0.1) is 0 Å². The Balaban J connectivity index is 2.87. The zero-order valence-corrected chi connectivity index (χ0v) is 10.2. The minimum Gasteiger partial charge on any atom is -0.393 e. The average Bonchev–Trinajstić information content (AvgIpc) is 2.20. The zero-order chi connectivity index (χ0) is 11.4. The summed E-state index contributed by atoms with van der Waals surface area (Å²) >= 11 is 0. The van der Waals surface area contributed by atoms with Crippen LogP contribution in [0.25, 0.3) is 0 Å². The Kier molecular flexibility index (Phi) is 11.9. The molecule has 15 heavy (non-hydrogen) atoms. The van der Waals surface area contributed by atoms with E-state index in [2.05, 4.69) is 6.92 Å². The molecule has 1 N–H and O–H groups in total. The Morgan fingerprint density at radius 3 is 2.07 bits per heavy atom. The molecule has 0 aromatic heterocycles. The number of aliphatic hydroxyl groups is 1. The van der Waals surface area contributed by atoms with E-state index in [9.17, 15) is 0 Å². The van der Waals surface area contributed by atoms with Crippen molar-refractivity contribution in [2.75, 3.05) is 26.4 Å². The summed E-state index contributed by atoms with van der Waals surface area (Å²) in [7, 11) is 0. The van der Waals surface area contributed by atoms with Crippen molar-refractivity contribution in [2.45, 2.75) is 52.1 Å². The van der Waals surface area contributed by atoms with Crippen molar-refractivity contribution in [3.63, 3.8) is 0 Å². The second-order valence-corrected chi connectivity index (χ2v) is 3.92. The molecule has 1 unspecified atom stereocenters. The van der Waals surface area contributed by atoms with E-state index in [4.69, 9.17) is 14.6 Å². The lowest BCUT2D eigenvalue weighted by atomic mass is 10.2. The Labute approximate surface area is 93.8 Å². The van der Waals surface area contributed by atoms with Crippen LogP contribution in [0.5, 0.6) is 0 Å². The highest BCUT2D eigenvalue weighted by atomic mass is 16.5. The number of hydrogen-bond donors (Lipinski definition) is 1. The van der Waals surface area contributed by atoms with Gasteiger partial charge in [0.05, 0.1) is 19.3 Å². The van der Waals surface area contributed by atoms with Crippen LogP contribution >= 0.6 is 0 Å². The van der Waals surface area contributed by atoms with E-state index >= 15 is 0 Å². The molecule has 0 aromatic carbocycles. The van der Waals surface area contributed by atoms with Crippen LogP contribution < -0.4 is 0 Å². The van der Waals surface area contributed by atoms with Gasteiger partial charge >= 0.3 is 0 Å². The Morgan fingerprint density at radius 2 is 1.53 bits per heavy atom. The Bertz CT molecular complexity index is 115. The molecule has 1 atom stereocenters. The van der Waals surface area contributed by atoms with Gasteiger partial charge in [-0.25, -0.2) is 0 Å². The van der Waals surface area contributed by atoms with E-state index < -0.39 is 0 Å². The normalized spacial score (nSPS) is 13.0. The van der Waals surface area contributed by atoms with Gasteiger partial charge in [0.2, 0.25) is 0 Å². The number of hydrogen-bond acceptors (Lipinski definition) is 3. The molecule has 0 rings (SSSR count). The summed E-state index contributed by atoms with van der Waals surface area (Å²) in [5, 5.41) is 9.01. The fourth-order valence-corrected chi connectivity index (χ4v) is 1.21. The molecule has 0 radical (unpaired) electrons. The van der Waals surface area contributed by atoms with Crippen LogP contribution in [0.4, 0.5) is 0 Å². The van der Waals surface area contributed by atoms with Crippen molar-refractivity contribution in [3.8, 4) is 0 Å². The molecule has 0 aromatic rings. The van der Waals surface area contributed by atoms with Crippen LogP contribution in [0.3, 0.4) is 0 Å². The largest absolute Gasteiger partial charge is 0.393 e. The van der Waals surface area contributed by atoms with E-state index in [0.717, 1.165) is 38.9 Å². The van der Waals surface area contributed by atoms with Gasteiger partial charge in [0, 0.05) is 13.2 Å². The van der Waals surface area contributed by atoms with Gasteiger partial charge in [-0.1, -0.05) is 13.3 Å². The summed E-state index contributed by atoms with van der Waals surface area (Å²) in [6.45, 7) is 7.00. The standard InChI is InChI=1S/C12H26O3/c1-3-4-8-14-10-11-15-9-6-5-7-12(2)13/h12-13H,3-11H2,1-2H3. The SMILES string of the molecule is CCCCOCCOCCCCC(C)O. The maximum atomic E-state index is 9.01.